The zero-order chi connectivity index (χ0) is 32.0. The molecular formula is C38H48N4O3. The number of esters is 1. The number of para-hydroxylation sites is 1. The van der Waals surface area contributed by atoms with Gasteiger partial charge in [0.05, 0.1) is 11.3 Å². The first-order valence-corrected chi connectivity index (χ1v) is 16.8. The van der Waals surface area contributed by atoms with E-state index in [0.29, 0.717) is 22.5 Å². The summed E-state index contributed by atoms with van der Waals surface area (Å²) < 4.78 is 8.97. The van der Waals surface area contributed by atoms with E-state index in [1.54, 1.807) is 18.3 Å². The molecule has 0 radical (unpaired) electrons. The van der Waals surface area contributed by atoms with Gasteiger partial charge in [-0.3, -0.25) is 9.78 Å². The Kier molecular flexibility index (Phi) is 10.3. The Morgan fingerprint density at radius 1 is 0.933 bits per heavy atom. The van der Waals surface area contributed by atoms with Crippen LogP contribution >= 0.6 is 0 Å². The Bertz CT molecular complexity index is 1650. The van der Waals surface area contributed by atoms with Gasteiger partial charge in [-0.2, -0.15) is 0 Å². The van der Waals surface area contributed by atoms with Gasteiger partial charge in [0.15, 0.2) is 0 Å². The molecule has 238 valence electrons. The van der Waals surface area contributed by atoms with Gasteiger partial charge >= 0.3 is 5.97 Å². The number of hydrogen-bond acceptors (Lipinski definition) is 5. The molecule has 3 heterocycles. The highest BCUT2D eigenvalue weighted by atomic mass is 16.6. The van der Waals surface area contributed by atoms with Crippen LogP contribution in [0.25, 0.3) is 10.9 Å². The fourth-order valence-electron chi connectivity index (χ4n) is 7.03. The maximum atomic E-state index is 13.7. The van der Waals surface area contributed by atoms with Crippen molar-refractivity contribution in [3.63, 3.8) is 0 Å². The van der Waals surface area contributed by atoms with E-state index in [4.69, 9.17) is 9.72 Å². The van der Waals surface area contributed by atoms with Crippen molar-refractivity contribution < 1.29 is 14.3 Å². The topological polar surface area (TPSA) is 76.5 Å². The lowest BCUT2D eigenvalue weighted by molar-refractivity contribution is -0.114. The fourth-order valence-corrected chi connectivity index (χ4v) is 7.03. The first kappa shape index (κ1) is 32.3. The van der Waals surface area contributed by atoms with Gasteiger partial charge in [-0.05, 0) is 56.5 Å². The number of nitrogens with zero attached hydrogens (tertiary/aromatic N) is 3. The predicted molar refractivity (Wildman–Crippen MR) is 183 cm³/mol. The van der Waals surface area contributed by atoms with Crippen molar-refractivity contribution in [3.05, 3.63) is 88.9 Å². The Hall–Kier alpha value is -4.13. The minimum atomic E-state index is -1.35. The largest absolute Gasteiger partial charge is 0.439 e. The summed E-state index contributed by atoms with van der Waals surface area (Å²) in [6, 6.07) is 18.1. The molecule has 0 aliphatic carbocycles. The van der Waals surface area contributed by atoms with Gasteiger partial charge in [0, 0.05) is 66.2 Å². The molecule has 0 saturated carbocycles. The zero-order valence-electron chi connectivity index (χ0n) is 27.6. The number of pyridine rings is 1. The Morgan fingerprint density at radius 3 is 2.40 bits per heavy atom. The average molecular weight is 609 g/mol. The van der Waals surface area contributed by atoms with E-state index in [0.717, 1.165) is 66.7 Å². The Balaban J connectivity index is 1.74. The SMILES string of the molecule is CCCCCCCCn1c(C)c(C2(c3ccc(N(CCC)CCC)cc3NC(C)=O)OC(=O)c3cccnc32)c2ccccc21. The minimum Gasteiger partial charge on any atom is -0.439 e. The molecule has 1 unspecified atom stereocenters. The lowest BCUT2D eigenvalue weighted by Gasteiger charge is -2.33. The van der Waals surface area contributed by atoms with Crippen LogP contribution in [0, 0.1) is 6.92 Å². The molecule has 1 aliphatic heterocycles. The number of ether oxygens (including phenoxy) is 1. The minimum absolute atomic E-state index is 0.186. The van der Waals surface area contributed by atoms with Crippen LogP contribution < -0.4 is 10.2 Å². The van der Waals surface area contributed by atoms with Crippen LogP contribution in [0.2, 0.25) is 0 Å². The Labute approximate surface area is 268 Å². The van der Waals surface area contributed by atoms with Crippen LogP contribution in [-0.2, 0) is 21.7 Å². The van der Waals surface area contributed by atoms with Crippen LogP contribution in [0.5, 0.6) is 0 Å². The normalized spacial score (nSPS) is 15.7. The zero-order valence-corrected chi connectivity index (χ0v) is 27.6. The number of hydrogen-bond donors (Lipinski definition) is 1. The van der Waals surface area contributed by atoms with E-state index in [2.05, 4.69) is 66.7 Å². The summed E-state index contributed by atoms with van der Waals surface area (Å²) in [5.74, 6) is -0.601. The number of rotatable bonds is 15. The summed E-state index contributed by atoms with van der Waals surface area (Å²) in [5, 5.41) is 4.13. The van der Waals surface area contributed by atoms with Crippen LogP contribution in [0.1, 0.15) is 112 Å². The number of cyclic esters (lactones) is 1. The standard InChI is InChI=1S/C38H48N4O3/c1-6-9-10-11-12-15-25-42-27(4)35(30-17-13-14-19-34(30)42)38(36-31(37(44)45-38)18-16-22-39-36)32-21-20-29(26-33(32)40-28(5)43)41(23-7-2)24-8-3/h13-14,16-22,26H,6-12,15,23-25H2,1-5H3,(H,40,43). The second-order valence-electron chi connectivity index (χ2n) is 12.3. The molecule has 5 rings (SSSR count). The summed E-state index contributed by atoms with van der Waals surface area (Å²) in [6.45, 7) is 12.9. The van der Waals surface area contributed by atoms with E-state index in [1.807, 2.05) is 18.2 Å². The van der Waals surface area contributed by atoms with Gasteiger partial charge < -0.3 is 19.5 Å². The number of amides is 1. The summed E-state index contributed by atoms with van der Waals surface area (Å²) in [7, 11) is 0. The molecule has 7 nitrogen and oxygen atoms in total. The van der Waals surface area contributed by atoms with E-state index in [1.165, 1.54) is 39.0 Å². The van der Waals surface area contributed by atoms with Gasteiger partial charge in [-0.1, -0.05) is 77.1 Å². The van der Waals surface area contributed by atoms with Gasteiger partial charge in [0.1, 0.15) is 5.69 Å². The molecule has 1 aliphatic rings. The predicted octanol–water partition coefficient (Wildman–Crippen LogP) is 8.75. The monoisotopic (exact) mass is 608 g/mol. The van der Waals surface area contributed by atoms with Gasteiger partial charge in [0.25, 0.3) is 0 Å². The molecule has 1 amide bonds. The fraction of sp³-hybridized carbons (Fsp3) is 0.447. The molecule has 2 aromatic carbocycles. The number of carbonyl (C=O) groups is 2. The molecule has 4 aromatic rings. The van der Waals surface area contributed by atoms with Crippen molar-refractivity contribution in [3.8, 4) is 0 Å². The van der Waals surface area contributed by atoms with Crippen molar-refractivity contribution in [1.82, 2.24) is 9.55 Å². The molecule has 1 N–H and O–H groups in total. The molecular weight excluding hydrogens is 560 g/mol. The van der Waals surface area contributed by atoms with E-state index >= 15 is 0 Å². The van der Waals surface area contributed by atoms with Crippen molar-refractivity contribution in [2.24, 2.45) is 0 Å². The van der Waals surface area contributed by atoms with Crippen molar-refractivity contribution >= 4 is 34.2 Å². The molecule has 1 atom stereocenters. The first-order valence-electron chi connectivity index (χ1n) is 16.8. The highest BCUT2D eigenvalue weighted by Gasteiger charge is 2.53. The van der Waals surface area contributed by atoms with Crippen molar-refractivity contribution in [2.75, 3.05) is 23.3 Å². The average Bonchev–Trinajstić information content (AvgIpc) is 3.49. The van der Waals surface area contributed by atoms with Crippen LogP contribution in [0.4, 0.5) is 11.4 Å². The van der Waals surface area contributed by atoms with Gasteiger partial charge in [-0.15, -0.1) is 0 Å². The van der Waals surface area contributed by atoms with Crippen molar-refractivity contribution in [1.29, 1.82) is 0 Å². The molecule has 2 aromatic heterocycles. The Morgan fingerprint density at radius 2 is 1.67 bits per heavy atom. The molecule has 0 saturated heterocycles. The number of carbonyl (C=O) groups excluding carboxylic acids is 2. The quantitative estimate of drug-likeness (QED) is 0.108. The maximum Gasteiger partial charge on any atom is 0.341 e. The summed E-state index contributed by atoms with van der Waals surface area (Å²) in [6.07, 6.45) is 11.0. The number of benzene rings is 2. The summed E-state index contributed by atoms with van der Waals surface area (Å²) in [5.41, 5.74) is 5.03. The number of unbranched alkanes of at least 4 members (excludes halogenated alkanes) is 5. The van der Waals surface area contributed by atoms with Crippen LogP contribution in [0.3, 0.4) is 0 Å². The lowest BCUT2D eigenvalue weighted by Crippen LogP contribution is -2.33. The highest BCUT2D eigenvalue weighted by Crippen LogP contribution is 2.52. The van der Waals surface area contributed by atoms with Crippen molar-refractivity contribution in [2.45, 2.75) is 98.1 Å². The molecule has 0 bridgehead atoms. The summed E-state index contributed by atoms with van der Waals surface area (Å²) >= 11 is 0. The molecule has 0 fully saturated rings. The molecule has 7 heteroatoms. The third-order valence-corrected chi connectivity index (χ3v) is 8.97. The van der Waals surface area contributed by atoms with Crippen LogP contribution in [-0.4, -0.2) is 34.5 Å². The maximum absolute atomic E-state index is 13.7. The lowest BCUT2D eigenvalue weighted by atomic mass is 9.80. The van der Waals surface area contributed by atoms with E-state index in [9.17, 15) is 9.59 Å². The van der Waals surface area contributed by atoms with Crippen LogP contribution in [0.15, 0.2) is 60.8 Å². The van der Waals surface area contributed by atoms with E-state index in [-0.39, 0.29) is 5.91 Å². The summed E-state index contributed by atoms with van der Waals surface area (Å²) in [4.78, 5) is 33.6. The number of anilines is 2. The van der Waals surface area contributed by atoms with E-state index < -0.39 is 11.6 Å². The second-order valence-corrected chi connectivity index (χ2v) is 12.3. The van der Waals surface area contributed by atoms with Gasteiger partial charge in [-0.25, -0.2) is 4.79 Å². The number of nitrogens with one attached hydrogen (secondary N) is 1. The third-order valence-electron chi connectivity index (χ3n) is 8.97. The number of aryl methyl sites for hydroxylation is 1. The number of fused-ring (bicyclic) bond motifs is 2. The highest BCUT2D eigenvalue weighted by molar-refractivity contribution is 5.99. The smallest absolute Gasteiger partial charge is 0.341 e. The second kappa shape index (κ2) is 14.3. The molecule has 45 heavy (non-hydrogen) atoms. The first-order chi connectivity index (χ1) is 21.9. The number of aromatic nitrogens is 2. The third kappa shape index (κ3) is 6.22. The molecule has 0 spiro atoms. The van der Waals surface area contributed by atoms with Gasteiger partial charge in [0.2, 0.25) is 11.5 Å².